The van der Waals surface area contributed by atoms with Crippen molar-refractivity contribution >= 4 is 21.8 Å². The fraction of sp³-hybridized carbons (Fsp3) is 0. The van der Waals surface area contributed by atoms with Gasteiger partial charge in [0.25, 0.3) is 0 Å². The van der Waals surface area contributed by atoms with Gasteiger partial charge in [-0.1, -0.05) is 48.5 Å². The maximum atomic E-state index is 9.49. The number of hydrogen-bond donors (Lipinski definition) is 1. The molecule has 0 aliphatic heterocycles. The van der Waals surface area contributed by atoms with Crippen LogP contribution in [0.3, 0.4) is 0 Å². The van der Waals surface area contributed by atoms with Gasteiger partial charge in [0.15, 0.2) is 0 Å². The molecule has 23 heavy (non-hydrogen) atoms. The van der Waals surface area contributed by atoms with E-state index in [2.05, 4.69) is 29.3 Å². The monoisotopic (exact) mass is 293 g/mol. The normalized spacial score (nSPS) is 10.5. The van der Waals surface area contributed by atoms with E-state index < -0.39 is 0 Å². The van der Waals surface area contributed by atoms with Gasteiger partial charge in [-0.2, -0.15) is 10.5 Å². The molecule has 0 fully saturated rings. The number of rotatable bonds is 1. The maximum absolute atomic E-state index is 9.49. The Kier molecular flexibility index (Phi) is 2.86. The minimum atomic E-state index is 0.401. The van der Waals surface area contributed by atoms with Crippen molar-refractivity contribution in [3.8, 4) is 23.3 Å². The van der Waals surface area contributed by atoms with Gasteiger partial charge in [-0.25, -0.2) is 0 Å². The first kappa shape index (κ1) is 13.1. The quantitative estimate of drug-likeness (QED) is 0.551. The topological polar surface area (TPSA) is 63.4 Å². The number of H-pyrrole nitrogens is 1. The van der Waals surface area contributed by atoms with Gasteiger partial charge in [-0.05, 0) is 12.1 Å². The molecule has 0 saturated heterocycles. The fourth-order valence-corrected chi connectivity index (χ4v) is 3.09. The molecule has 0 saturated carbocycles. The largest absolute Gasteiger partial charge is 0.354 e. The van der Waals surface area contributed by atoms with Gasteiger partial charge in [-0.3, -0.25) is 0 Å². The van der Waals surface area contributed by atoms with Crippen LogP contribution in [0, 0.1) is 22.7 Å². The summed E-state index contributed by atoms with van der Waals surface area (Å²) in [5.41, 5.74) is 4.58. The third-order valence-corrected chi connectivity index (χ3v) is 4.13. The van der Waals surface area contributed by atoms with Gasteiger partial charge in [0.2, 0.25) is 0 Å². The van der Waals surface area contributed by atoms with E-state index in [-0.39, 0.29) is 0 Å². The summed E-state index contributed by atoms with van der Waals surface area (Å²) in [7, 11) is 0. The average molecular weight is 293 g/mol. The highest BCUT2D eigenvalue weighted by molar-refractivity contribution is 6.12. The Morgan fingerprint density at radius 3 is 2.26 bits per heavy atom. The summed E-state index contributed by atoms with van der Waals surface area (Å²) >= 11 is 0. The molecule has 0 amide bonds. The van der Waals surface area contributed by atoms with E-state index in [4.69, 9.17) is 0 Å². The van der Waals surface area contributed by atoms with Crippen LogP contribution in [0.15, 0.2) is 60.7 Å². The van der Waals surface area contributed by atoms with E-state index in [0.717, 1.165) is 32.9 Å². The molecule has 1 aromatic heterocycles. The molecular formula is C20H11N3. The first-order valence-corrected chi connectivity index (χ1v) is 7.26. The summed E-state index contributed by atoms with van der Waals surface area (Å²) in [6.07, 6.45) is 0. The number of aromatic amines is 1. The second kappa shape index (κ2) is 5.02. The summed E-state index contributed by atoms with van der Waals surface area (Å²) in [4.78, 5) is 3.44. The van der Waals surface area contributed by atoms with Crippen LogP contribution >= 0.6 is 0 Å². The Morgan fingerprint density at radius 1 is 0.696 bits per heavy atom. The number of nitrogens with zero attached hydrogens (tertiary/aromatic N) is 2. The minimum Gasteiger partial charge on any atom is -0.354 e. The Labute approximate surface area is 133 Å². The summed E-state index contributed by atoms with van der Waals surface area (Å²) in [6, 6.07) is 23.8. The van der Waals surface area contributed by atoms with Crippen LogP contribution in [0.4, 0.5) is 0 Å². The Balaban J connectivity index is 2.12. The third kappa shape index (κ3) is 1.88. The number of aromatic nitrogens is 1. The summed E-state index contributed by atoms with van der Waals surface area (Å²) in [6.45, 7) is 0. The number of hydrogen-bond acceptors (Lipinski definition) is 2. The van der Waals surface area contributed by atoms with Crippen molar-refractivity contribution in [1.82, 2.24) is 4.98 Å². The van der Waals surface area contributed by atoms with Crippen molar-refractivity contribution < 1.29 is 0 Å². The lowest BCUT2D eigenvalue weighted by molar-refractivity contribution is 1.43. The molecule has 3 heteroatoms. The number of benzene rings is 3. The van der Waals surface area contributed by atoms with Gasteiger partial charge in [0.05, 0.1) is 16.6 Å². The maximum Gasteiger partial charge on any atom is 0.101 e. The molecule has 3 aromatic carbocycles. The molecule has 0 unspecified atom stereocenters. The zero-order valence-electron chi connectivity index (χ0n) is 12.2. The van der Waals surface area contributed by atoms with E-state index in [1.54, 1.807) is 6.07 Å². The van der Waals surface area contributed by atoms with Gasteiger partial charge in [0, 0.05) is 27.4 Å². The van der Waals surface area contributed by atoms with Crippen LogP contribution < -0.4 is 0 Å². The lowest BCUT2D eigenvalue weighted by Gasteiger charge is -2.07. The fourth-order valence-electron chi connectivity index (χ4n) is 3.09. The van der Waals surface area contributed by atoms with Gasteiger partial charge in [-0.15, -0.1) is 0 Å². The van der Waals surface area contributed by atoms with Crippen LogP contribution in [-0.2, 0) is 0 Å². The van der Waals surface area contributed by atoms with Crippen molar-refractivity contribution in [2.45, 2.75) is 0 Å². The molecule has 1 heterocycles. The van der Waals surface area contributed by atoms with E-state index in [0.29, 0.717) is 11.1 Å². The molecule has 0 radical (unpaired) electrons. The van der Waals surface area contributed by atoms with Crippen molar-refractivity contribution in [1.29, 1.82) is 10.5 Å². The van der Waals surface area contributed by atoms with Gasteiger partial charge >= 0.3 is 0 Å². The summed E-state index contributed by atoms with van der Waals surface area (Å²) in [5, 5.41) is 21.0. The number of nitrogens with one attached hydrogen (secondary N) is 1. The number of fused-ring (bicyclic) bond motifs is 3. The molecule has 4 aromatic rings. The van der Waals surface area contributed by atoms with E-state index in [1.807, 2.05) is 42.5 Å². The van der Waals surface area contributed by atoms with Crippen molar-refractivity contribution in [2.75, 3.05) is 0 Å². The SMILES string of the molecule is N#Cc1cccc(-c2cccc3c2[nH]c2ccccc23)c1C#N. The van der Waals surface area contributed by atoms with Gasteiger partial charge < -0.3 is 4.98 Å². The first-order chi connectivity index (χ1) is 11.3. The predicted octanol–water partition coefficient (Wildman–Crippen LogP) is 4.73. The first-order valence-electron chi connectivity index (χ1n) is 7.26. The number of para-hydroxylation sites is 2. The Hall–Kier alpha value is -3.56. The molecule has 0 spiro atoms. The van der Waals surface area contributed by atoms with E-state index >= 15 is 0 Å². The lowest BCUT2D eigenvalue weighted by atomic mass is 9.95. The molecular weight excluding hydrogens is 282 g/mol. The van der Waals surface area contributed by atoms with Crippen molar-refractivity contribution in [3.05, 3.63) is 71.8 Å². The lowest BCUT2D eigenvalue weighted by Crippen LogP contribution is -1.90. The second-order valence-corrected chi connectivity index (χ2v) is 5.35. The summed E-state index contributed by atoms with van der Waals surface area (Å²) in [5.74, 6) is 0. The van der Waals surface area contributed by atoms with Gasteiger partial charge in [0.1, 0.15) is 12.1 Å². The highest BCUT2D eigenvalue weighted by atomic mass is 14.7. The molecule has 4 rings (SSSR count). The Bertz CT molecular complexity index is 1140. The highest BCUT2D eigenvalue weighted by Gasteiger charge is 2.14. The molecule has 3 nitrogen and oxygen atoms in total. The molecule has 0 aliphatic rings. The van der Waals surface area contributed by atoms with Crippen molar-refractivity contribution in [3.63, 3.8) is 0 Å². The van der Waals surface area contributed by atoms with Crippen LogP contribution in [-0.4, -0.2) is 4.98 Å². The van der Waals surface area contributed by atoms with Crippen LogP contribution in [0.5, 0.6) is 0 Å². The van der Waals surface area contributed by atoms with Crippen molar-refractivity contribution in [2.24, 2.45) is 0 Å². The third-order valence-electron chi connectivity index (χ3n) is 4.13. The Morgan fingerprint density at radius 2 is 1.43 bits per heavy atom. The molecule has 106 valence electrons. The predicted molar refractivity (Wildman–Crippen MR) is 90.7 cm³/mol. The van der Waals surface area contributed by atoms with E-state index in [9.17, 15) is 10.5 Å². The molecule has 0 aliphatic carbocycles. The highest BCUT2D eigenvalue weighted by Crippen LogP contribution is 2.35. The van der Waals surface area contributed by atoms with E-state index in [1.165, 1.54) is 0 Å². The molecule has 0 bridgehead atoms. The zero-order valence-corrected chi connectivity index (χ0v) is 12.2. The average Bonchev–Trinajstić information content (AvgIpc) is 2.99. The summed E-state index contributed by atoms with van der Waals surface area (Å²) < 4.78 is 0. The standard InChI is InChI=1S/C20H11N3/c21-11-13-5-3-7-14(18(13)12-22)16-8-4-9-17-15-6-1-2-10-19(15)23-20(16)17/h1-10,23H. The van der Waals surface area contributed by atoms with Crippen LogP contribution in [0.1, 0.15) is 11.1 Å². The molecule has 1 N–H and O–H groups in total. The zero-order chi connectivity index (χ0) is 15.8. The van der Waals surface area contributed by atoms with Crippen LogP contribution in [0.25, 0.3) is 32.9 Å². The number of nitriles is 2. The minimum absolute atomic E-state index is 0.401. The smallest absolute Gasteiger partial charge is 0.101 e. The second-order valence-electron chi connectivity index (χ2n) is 5.35. The van der Waals surface area contributed by atoms with Crippen LogP contribution in [0.2, 0.25) is 0 Å². The molecule has 0 atom stereocenters.